The van der Waals surface area contributed by atoms with Crippen LogP contribution in [-0.4, -0.2) is 21.5 Å². The van der Waals surface area contributed by atoms with Crippen molar-refractivity contribution in [1.29, 1.82) is 0 Å². The normalized spacial score (nSPS) is 37.5. The van der Waals surface area contributed by atoms with E-state index in [-0.39, 0.29) is 45.1 Å². The number of rotatable bonds is 1. The zero-order chi connectivity index (χ0) is 16.6. The number of amides is 2. The fourth-order valence-electron chi connectivity index (χ4n) is 4.92. The maximum absolute atomic E-state index is 13.0. The van der Waals surface area contributed by atoms with Crippen LogP contribution in [0.25, 0.3) is 10.8 Å². The summed E-state index contributed by atoms with van der Waals surface area (Å²) in [5.41, 5.74) is 0.703. The summed E-state index contributed by atoms with van der Waals surface area (Å²) in [6, 6.07) is 13.8. The Morgan fingerprint density at radius 1 is 0.833 bits per heavy atom. The molecule has 5 heteroatoms. The van der Waals surface area contributed by atoms with Gasteiger partial charge in [-0.2, -0.15) is 0 Å². The minimum Gasteiger partial charge on any atom is -0.274 e. The number of carbonyl (C=O) groups is 2. The zero-order valence-electron chi connectivity index (χ0n) is 12.7. The monoisotopic (exact) mass is 447 g/mol. The van der Waals surface area contributed by atoms with Gasteiger partial charge in [-0.3, -0.25) is 14.5 Å². The summed E-state index contributed by atoms with van der Waals surface area (Å²) in [7, 11) is 0. The van der Waals surface area contributed by atoms with E-state index in [1.165, 1.54) is 4.90 Å². The molecule has 0 radical (unpaired) electrons. The van der Waals surface area contributed by atoms with Crippen LogP contribution in [0.1, 0.15) is 6.42 Å². The summed E-state index contributed by atoms with van der Waals surface area (Å²) in [6.45, 7) is 0. The standard InChI is InChI=1S/C19H15Br2NO2/c20-16-12-8-13(17(16)21)15-14(12)18(23)22(19(15)24)11-6-5-9-3-1-2-4-10(9)7-11/h1-7,12-17H,8H2/t12-,13+,14-,15-,16+,17+/m0/s1. The molecule has 0 unspecified atom stereocenters. The van der Waals surface area contributed by atoms with E-state index in [0.29, 0.717) is 5.69 Å². The first-order valence-electron chi connectivity index (χ1n) is 8.22. The van der Waals surface area contributed by atoms with Crippen LogP contribution in [0.15, 0.2) is 42.5 Å². The first kappa shape index (κ1) is 15.1. The predicted octanol–water partition coefficient (Wildman–Crippen LogP) is 4.12. The smallest absolute Gasteiger partial charge is 0.238 e. The summed E-state index contributed by atoms with van der Waals surface area (Å²) >= 11 is 7.45. The van der Waals surface area contributed by atoms with Gasteiger partial charge in [0.1, 0.15) is 0 Å². The molecule has 3 fully saturated rings. The van der Waals surface area contributed by atoms with Crippen molar-refractivity contribution in [2.45, 2.75) is 16.1 Å². The van der Waals surface area contributed by atoms with Gasteiger partial charge in [0.25, 0.3) is 0 Å². The summed E-state index contributed by atoms with van der Waals surface area (Å²) in [5.74, 6) is 0.158. The number of halogens is 2. The number of hydrogen-bond donors (Lipinski definition) is 0. The van der Waals surface area contributed by atoms with Crippen LogP contribution in [0.5, 0.6) is 0 Å². The highest BCUT2D eigenvalue weighted by atomic mass is 79.9. The molecule has 5 rings (SSSR count). The van der Waals surface area contributed by atoms with Gasteiger partial charge in [0.15, 0.2) is 0 Å². The lowest BCUT2D eigenvalue weighted by atomic mass is 9.81. The average Bonchev–Trinajstić information content (AvgIpc) is 3.19. The number of nitrogens with zero attached hydrogens (tertiary/aromatic N) is 1. The molecule has 2 aromatic rings. The highest BCUT2D eigenvalue weighted by Gasteiger charge is 2.66. The molecular weight excluding hydrogens is 434 g/mol. The van der Waals surface area contributed by atoms with E-state index in [4.69, 9.17) is 0 Å². The highest BCUT2D eigenvalue weighted by Crippen LogP contribution is 2.60. The molecule has 2 aromatic carbocycles. The minimum atomic E-state index is -0.160. The van der Waals surface area contributed by atoms with E-state index in [1.54, 1.807) is 0 Å². The Labute approximate surface area is 156 Å². The van der Waals surface area contributed by atoms with E-state index >= 15 is 0 Å². The summed E-state index contributed by atoms with van der Waals surface area (Å²) in [6.07, 6.45) is 0.963. The second kappa shape index (κ2) is 5.15. The van der Waals surface area contributed by atoms with Crippen LogP contribution in [0.2, 0.25) is 0 Å². The van der Waals surface area contributed by atoms with E-state index in [2.05, 4.69) is 31.9 Å². The Morgan fingerprint density at radius 2 is 1.42 bits per heavy atom. The molecule has 0 spiro atoms. The Hall–Kier alpha value is -1.20. The van der Waals surface area contributed by atoms with Gasteiger partial charge in [0.2, 0.25) is 11.8 Å². The molecule has 3 nitrogen and oxygen atoms in total. The second-order valence-electron chi connectivity index (χ2n) is 7.05. The molecule has 6 atom stereocenters. The number of hydrogen-bond acceptors (Lipinski definition) is 2. The van der Waals surface area contributed by atoms with Gasteiger partial charge < -0.3 is 0 Å². The molecule has 0 N–H and O–H groups in total. The third-order valence-electron chi connectivity index (χ3n) is 5.98. The number of anilines is 1. The molecule has 0 aromatic heterocycles. The average molecular weight is 449 g/mol. The topological polar surface area (TPSA) is 37.4 Å². The molecule has 2 bridgehead atoms. The van der Waals surface area contributed by atoms with Gasteiger partial charge in [0, 0.05) is 9.65 Å². The van der Waals surface area contributed by atoms with Crippen molar-refractivity contribution < 1.29 is 9.59 Å². The lowest BCUT2D eigenvalue weighted by Gasteiger charge is -2.28. The molecule has 1 saturated heterocycles. The molecule has 2 amide bonds. The molecule has 1 aliphatic heterocycles. The Morgan fingerprint density at radius 3 is 2.04 bits per heavy atom. The zero-order valence-corrected chi connectivity index (χ0v) is 15.9. The molecule has 1 heterocycles. The van der Waals surface area contributed by atoms with Crippen LogP contribution in [0.3, 0.4) is 0 Å². The number of carbonyl (C=O) groups excluding carboxylic acids is 2. The number of alkyl halides is 2. The molecule has 3 aliphatic rings. The van der Waals surface area contributed by atoms with Gasteiger partial charge in [-0.15, -0.1) is 0 Å². The molecule has 2 aliphatic carbocycles. The van der Waals surface area contributed by atoms with Crippen LogP contribution < -0.4 is 4.90 Å². The van der Waals surface area contributed by atoms with Gasteiger partial charge in [-0.25, -0.2) is 0 Å². The van der Waals surface area contributed by atoms with E-state index < -0.39 is 0 Å². The molecule has 122 valence electrons. The van der Waals surface area contributed by atoms with E-state index in [9.17, 15) is 9.59 Å². The molecular formula is C19H15Br2NO2. The third kappa shape index (κ3) is 1.83. The summed E-state index contributed by atoms with van der Waals surface area (Å²) in [4.78, 5) is 28.1. The SMILES string of the molecule is O=C1[C@H]2[C@@H]3C[C@@H]([C@@H](Br)[C@@H]3Br)[C@@H]2C(=O)N1c1ccc2ccccc2c1. The van der Waals surface area contributed by atoms with Crippen LogP contribution >= 0.6 is 31.9 Å². The van der Waals surface area contributed by atoms with Crippen molar-refractivity contribution >= 4 is 60.1 Å². The maximum atomic E-state index is 13.0. The third-order valence-corrected chi connectivity index (χ3v) is 9.18. The fraction of sp³-hybridized carbons (Fsp3) is 0.368. The van der Waals surface area contributed by atoms with Crippen molar-refractivity contribution in [2.24, 2.45) is 23.7 Å². The van der Waals surface area contributed by atoms with Crippen molar-refractivity contribution in [3.8, 4) is 0 Å². The number of fused-ring (bicyclic) bond motifs is 6. The minimum absolute atomic E-state index is 0.0170. The second-order valence-corrected chi connectivity index (χ2v) is 9.16. The largest absolute Gasteiger partial charge is 0.274 e. The van der Waals surface area contributed by atoms with Crippen molar-refractivity contribution in [3.63, 3.8) is 0 Å². The van der Waals surface area contributed by atoms with E-state index in [1.807, 2.05) is 42.5 Å². The number of benzene rings is 2. The molecule has 24 heavy (non-hydrogen) atoms. The summed E-state index contributed by atoms with van der Waals surface area (Å²) in [5, 5.41) is 2.16. The Kier molecular flexibility index (Phi) is 3.24. The lowest BCUT2D eigenvalue weighted by molar-refractivity contribution is -0.123. The van der Waals surface area contributed by atoms with Crippen LogP contribution in [0, 0.1) is 23.7 Å². The maximum Gasteiger partial charge on any atom is 0.238 e. The van der Waals surface area contributed by atoms with Crippen molar-refractivity contribution in [1.82, 2.24) is 0 Å². The van der Waals surface area contributed by atoms with Crippen molar-refractivity contribution in [2.75, 3.05) is 4.90 Å². The fourth-order valence-corrected chi connectivity index (χ4v) is 6.79. The van der Waals surface area contributed by atoms with Crippen LogP contribution in [0.4, 0.5) is 5.69 Å². The quantitative estimate of drug-likeness (QED) is 0.486. The van der Waals surface area contributed by atoms with Gasteiger partial charge in [-0.05, 0) is 41.2 Å². The molecule has 2 saturated carbocycles. The number of imide groups is 1. The van der Waals surface area contributed by atoms with Gasteiger partial charge in [-0.1, -0.05) is 62.2 Å². The lowest BCUT2D eigenvalue weighted by Crippen LogP contribution is -2.37. The van der Waals surface area contributed by atoms with Gasteiger partial charge >= 0.3 is 0 Å². The van der Waals surface area contributed by atoms with Gasteiger partial charge in [0.05, 0.1) is 17.5 Å². The Bertz CT molecular complexity index is 851. The van der Waals surface area contributed by atoms with E-state index in [0.717, 1.165) is 17.2 Å². The Balaban J connectivity index is 1.57. The predicted molar refractivity (Wildman–Crippen MR) is 100 cm³/mol. The first-order chi connectivity index (χ1) is 11.6. The highest BCUT2D eigenvalue weighted by molar-refractivity contribution is 9.12. The van der Waals surface area contributed by atoms with Crippen molar-refractivity contribution in [3.05, 3.63) is 42.5 Å². The van der Waals surface area contributed by atoms with Crippen LogP contribution in [-0.2, 0) is 9.59 Å². The first-order valence-corrected chi connectivity index (χ1v) is 10.1. The summed E-state index contributed by atoms with van der Waals surface area (Å²) < 4.78 is 0.